The van der Waals surface area contributed by atoms with Gasteiger partial charge in [-0.25, -0.2) is 9.78 Å². The summed E-state index contributed by atoms with van der Waals surface area (Å²) in [5.41, 5.74) is 2.48. The lowest BCUT2D eigenvalue weighted by atomic mass is 9.87. The van der Waals surface area contributed by atoms with E-state index in [1.807, 2.05) is 11.8 Å². The van der Waals surface area contributed by atoms with Gasteiger partial charge in [0.25, 0.3) is 11.8 Å². The van der Waals surface area contributed by atoms with E-state index >= 15 is 0 Å². The van der Waals surface area contributed by atoms with Crippen molar-refractivity contribution in [3.63, 3.8) is 0 Å². The number of imide groups is 1. The summed E-state index contributed by atoms with van der Waals surface area (Å²) in [6.07, 6.45) is 2.22. The second-order valence-electron chi connectivity index (χ2n) is 8.83. The summed E-state index contributed by atoms with van der Waals surface area (Å²) in [7, 11) is 0. The molecule has 0 radical (unpaired) electrons. The Bertz CT molecular complexity index is 1240. The van der Waals surface area contributed by atoms with Gasteiger partial charge in [0.2, 0.25) is 0 Å². The Morgan fingerprint density at radius 3 is 2.52 bits per heavy atom. The van der Waals surface area contributed by atoms with E-state index in [4.69, 9.17) is 4.98 Å². The molecule has 0 bridgehead atoms. The number of benzene rings is 2. The molecule has 170 valence electrons. The molecule has 1 unspecified atom stereocenters. The van der Waals surface area contributed by atoms with Crippen LogP contribution in [0.25, 0.3) is 10.2 Å². The Morgan fingerprint density at radius 1 is 1.15 bits per heavy atom. The van der Waals surface area contributed by atoms with Crippen LogP contribution < -0.4 is 10.6 Å². The summed E-state index contributed by atoms with van der Waals surface area (Å²) >= 11 is 1.76. The number of thiazole rings is 1. The van der Waals surface area contributed by atoms with Crippen molar-refractivity contribution in [1.29, 1.82) is 0 Å². The Kier molecular flexibility index (Phi) is 5.40. The molecule has 4 amide bonds. The van der Waals surface area contributed by atoms with E-state index in [9.17, 15) is 14.4 Å². The maximum Gasteiger partial charge on any atom is 0.322 e. The monoisotopic (exact) mass is 462 g/mol. The van der Waals surface area contributed by atoms with Crippen molar-refractivity contribution >= 4 is 39.4 Å². The summed E-state index contributed by atoms with van der Waals surface area (Å²) in [6, 6.07) is 12.9. The molecule has 7 nitrogen and oxygen atoms in total. The molecule has 5 rings (SSSR count). The number of urea groups is 1. The average Bonchev–Trinajstić information content (AvgIpc) is 3.38. The minimum Gasteiger partial charge on any atom is -0.339 e. The molecular weight excluding hydrogens is 436 g/mol. The number of carbonyl (C=O) groups is 3. The van der Waals surface area contributed by atoms with Crippen molar-refractivity contribution in [1.82, 2.24) is 20.5 Å². The molecule has 3 heterocycles. The normalized spacial score (nSPS) is 21.3. The van der Waals surface area contributed by atoms with Gasteiger partial charge in [0.05, 0.1) is 15.2 Å². The lowest BCUT2D eigenvalue weighted by molar-refractivity contribution is -0.124. The van der Waals surface area contributed by atoms with E-state index in [0.717, 1.165) is 23.4 Å². The summed E-state index contributed by atoms with van der Waals surface area (Å²) in [5.74, 6) is 0.00886. The molecule has 0 aliphatic carbocycles. The van der Waals surface area contributed by atoms with Crippen molar-refractivity contribution < 1.29 is 14.4 Å². The number of likely N-dealkylation sites (tertiary alicyclic amines) is 1. The molecule has 2 aliphatic heterocycles. The van der Waals surface area contributed by atoms with Crippen molar-refractivity contribution in [3.05, 3.63) is 64.2 Å². The van der Waals surface area contributed by atoms with Crippen LogP contribution in [0.5, 0.6) is 0 Å². The molecule has 2 fully saturated rings. The molecule has 1 atom stereocenters. The molecule has 1 aromatic heterocycles. The smallest absolute Gasteiger partial charge is 0.322 e. The highest BCUT2D eigenvalue weighted by Gasteiger charge is 2.46. The van der Waals surface area contributed by atoms with Gasteiger partial charge in [0.15, 0.2) is 0 Å². The lowest BCUT2D eigenvalue weighted by Crippen LogP contribution is -2.43. The molecule has 2 aromatic carbocycles. The van der Waals surface area contributed by atoms with Gasteiger partial charge in [0.1, 0.15) is 5.54 Å². The maximum atomic E-state index is 13.1. The summed E-state index contributed by atoms with van der Waals surface area (Å²) in [5, 5.41) is 6.20. The predicted octanol–water partition coefficient (Wildman–Crippen LogP) is 4.07. The minimum atomic E-state index is -1.08. The Labute approximate surface area is 196 Å². The molecule has 0 spiro atoms. The summed E-state index contributed by atoms with van der Waals surface area (Å²) < 4.78 is 1.22. The maximum absolute atomic E-state index is 13.1. The van der Waals surface area contributed by atoms with Crippen molar-refractivity contribution in [2.75, 3.05) is 13.1 Å². The standard InChI is InChI=1S/C25H26N4O3S/c1-3-25(23(31)27-24(32)28-25)18-7-5-17(6-8-18)22(30)29-12-10-16(11-13-29)21-26-19-9-4-15(2)14-20(19)33-21/h4-9,14,16H,3,10-13H2,1-2H3,(H2,27,28,31,32). The first-order valence-corrected chi connectivity index (χ1v) is 12.1. The van der Waals surface area contributed by atoms with Gasteiger partial charge in [-0.1, -0.05) is 25.1 Å². The molecule has 2 aliphatic rings. The highest BCUT2D eigenvalue weighted by atomic mass is 32.1. The van der Waals surface area contributed by atoms with Crippen LogP contribution in [0.4, 0.5) is 4.79 Å². The third-order valence-corrected chi connectivity index (χ3v) is 7.97. The lowest BCUT2D eigenvalue weighted by Gasteiger charge is -2.31. The number of rotatable bonds is 4. The van der Waals surface area contributed by atoms with E-state index in [-0.39, 0.29) is 11.8 Å². The number of amides is 4. The number of hydrogen-bond acceptors (Lipinski definition) is 5. The molecule has 0 saturated carbocycles. The highest BCUT2D eigenvalue weighted by Crippen LogP contribution is 2.35. The average molecular weight is 463 g/mol. The van der Waals surface area contributed by atoms with Gasteiger partial charge in [-0.2, -0.15) is 0 Å². The number of hydrogen-bond donors (Lipinski definition) is 2. The number of piperidine rings is 1. The Morgan fingerprint density at radius 2 is 1.88 bits per heavy atom. The summed E-state index contributed by atoms with van der Waals surface area (Å²) in [6.45, 7) is 5.33. The molecule has 33 heavy (non-hydrogen) atoms. The number of aryl methyl sites for hydroxylation is 1. The number of carbonyl (C=O) groups excluding carboxylic acids is 3. The minimum absolute atomic E-state index is 0.00891. The first-order valence-electron chi connectivity index (χ1n) is 11.3. The Hall–Kier alpha value is -3.26. The van der Waals surface area contributed by atoms with Gasteiger partial charge < -0.3 is 10.2 Å². The van der Waals surface area contributed by atoms with Crippen LogP contribution in [-0.2, 0) is 10.3 Å². The fraction of sp³-hybridized carbons (Fsp3) is 0.360. The fourth-order valence-corrected chi connectivity index (χ4v) is 6.02. The molecule has 2 saturated heterocycles. The molecule has 3 aromatic rings. The summed E-state index contributed by atoms with van der Waals surface area (Å²) in [4.78, 5) is 43.8. The molecule has 2 N–H and O–H groups in total. The zero-order chi connectivity index (χ0) is 23.2. The second-order valence-corrected chi connectivity index (χ2v) is 9.90. The fourth-order valence-electron chi connectivity index (χ4n) is 4.78. The van der Waals surface area contributed by atoms with Crippen LogP contribution in [0.3, 0.4) is 0 Å². The largest absolute Gasteiger partial charge is 0.339 e. The zero-order valence-corrected chi connectivity index (χ0v) is 19.5. The molecular formula is C25H26N4O3S. The number of nitrogens with zero attached hydrogens (tertiary/aromatic N) is 2. The second kappa shape index (κ2) is 8.26. The van der Waals surface area contributed by atoms with Crippen LogP contribution >= 0.6 is 11.3 Å². The topological polar surface area (TPSA) is 91.4 Å². The van der Waals surface area contributed by atoms with E-state index in [1.54, 1.807) is 35.6 Å². The van der Waals surface area contributed by atoms with E-state index in [2.05, 4.69) is 35.8 Å². The van der Waals surface area contributed by atoms with Gasteiger partial charge in [0, 0.05) is 24.6 Å². The first kappa shape index (κ1) is 21.6. The van der Waals surface area contributed by atoms with Crippen molar-refractivity contribution in [2.45, 2.75) is 44.6 Å². The number of nitrogens with one attached hydrogen (secondary N) is 2. The van der Waals surface area contributed by atoms with Crippen LogP contribution in [-0.4, -0.2) is 40.8 Å². The van der Waals surface area contributed by atoms with Crippen LogP contribution in [0.2, 0.25) is 0 Å². The molecule has 8 heteroatoms. The predicted molar refractivity (Wildman–Crippen MR) is 127 cm³/mol. The quantitative estimate of drug-likeness (QED) is 0.572. The van der Waals surface area contributed by atoms with E-state index < -0.39 is 11.6 Å². The van der Waals surface area contributed by atoms with Crippen molar-refractivity contribution in [3.8, 4) is 0 Å². The highest BCUT2D eigenvalue weighted by molar-refractivity contribution is 7.18. The SMILES string of the molecule is CCC1(c2ccc(C(=O)N3CCC(c4nc5ccc(C)cc5s4)CC3)cc2)NC(=O)NC1=O. The van der Waals surface area contributed by atoms with Gasteiger partial charge in [-0.05, 0) is 61.6 Å². The third-order valence-electron chi connectivity index (χ3n) is 6.79. The van der Waals surface area contributed by atoms with Crippen molar-refractivity contribution in [2.24, 2.45) is 0 Å². The van der Waals surface area contributed by atoms with E-state index in [1.165, 1.54) is 10.3 Å². The third kappa shape index (κ3) is 3.78. The van der Waals surface area contributed by atoms with Gasteiger partial charge in [-0.15, -0.1) is 11.3 Å². The first-order chi connectivity index (χ1) is 15.9. The van der Waals surface area contributed by atoms with Crippen LogP contribution in [0, 0.1) is 6.92 Å². The van der Waals surface area contributed by atoms with Crippen LogP contribution in [0.15, 0.2) is 42.5 Å². The van der Waals surface area contributed by atoms with Gasteiger partial charge >= 0.3 is 6.03 Å². The van der Waals surface area contributed by atoms with Crippen LogP contribution in [0.1, 0.15) is 58.6 Å². The van der Waals surface area contributed by atoms with Gasteiger partial charge in [-0.3, -0.25) is 14.9 Å². The number of aromatic nitrogens is 1. The van der Waals surface area contributed by atoms with E-state index in [0.29, 0.717) is 36.6 Å². The number of fused-ring (bicyclic) bond motifs is 1. The Balaban J connectivity index is 1.26. The zero-order valence-electron chi connectivity index (χ0n) is 18.7.